The average molecular weight is 453 g/mol. The quantitative estimate of drug-likeness (QED) is 0.716. The first-order chi connectivity index (χ1) is 15.9. The van der Waals surface area contributed by atoms with E-state index in [1.54, 1.807) is 0 Å². The Bertz CT molecular complexity index is 1110. The molecule has 1 atom stereocenters. The number of aromatic nitrogens is 2. The summed E-state index contributed by atoms with van der Waals surface area (Å²) >= 11 is 0. The second-order valence-electron chi connectivity index (χ2n) is 10.1. The number of aliphatic imine (C=N–C) groups is 1. The molecule has 174 valence electrons. The fourth-order valence-electron chi connectivity index (χ4n) is 6.12. The van der Waals surface area contributed by atoms with E-state index < -0.39 is 5.92 Å². The Morgan fingerprint density at radius 3 is 2.39 bits per heavy atom. The number of likely N-dealkylation sites (tertiary alicyclic amines) is 1. The Morgan fingerprint density at radius 2 is 1.67 bits per heavy atom. The molecule has 0 saturated carbocycles. The average Bonchev–Trinajstić information content (AvgIpc) is 3.33. The highest BCUT2D eigenvalue weighted by Crippen LogP contribution is 2.51. The van der Waals surface area contributed by atoms with Crippen LogP contribution in [-0.2, 0) is 13.0 Å². The Labute approximate surface area is 192 Å². The molecule has 2 N–H and O–H groups in total. The highest BCUT2D eigenvalue weighted by atomic mass is 19.3. The fraction of sp³-hybridized carbons (Fsp3) is 0.560. The number of hydrogen-bond donors (Lipinski definition) is 1. The minimum absolute atomic E-state index is 0.0935. The molecule has 2 fully saturated rings. The molecule has 8 heteroatoms. The van der Waals surface area contributed by atoms with Gasteiger partial charge in [-0.3, -0.25) is 4.99 Å². The number of halogens is 2. The zero-order valence-corrected chi connectivity index (χ0v) is 19.0. The third-order valence-electron chi connectivity index (χ3n) is 8.15. The largest absolute Gasteiger partial charge is 0.355 e. The van der Waals surface area contributed by atoms with Gasteiger partial charge in [0.15, 0.2) is 5.84 Å². The molecule has 4 aliphatic rings. The standard InChI is InChI=1S/C25H30F2N6/c1-16-22(31-19-15-29-23(20(19)30-16)33-12-8-25(26,27)9-13-33)32-10-6-24(7-11-32)14-17-4-2-3-5-18(17)21(24)28/h2-5,21H,6-15,28H2,1H3/t21-/m1/s1. The molecule has 3 aliphatic heterocycles. The molecule has 33 heavy (non-hydrogen) atoms. The van der Waals surface area contributed by atoms with E-state index in [9.17, 15) is 8.78 Å². The lowest BCUT2D eigenvalue weighted by atomic mass is 9.73. The van der Waals surface area contributed by atoms with Crippen LogP contribution in [0.2, 0.25) is 0 Å². The number of nitrogens with two attached hydrogens (primary N) is 1. The van der Waals surface area contributed by atoms with Crippen LogP contribution in [-0.4, -0.2) is 52.8 Å². The zero-order valence-electron chi connectivity index (χ0n) is 19.0. The number of nitrogens with zero attached hydrogens (tertiary/aromatic N) is 5. The SMILES string of the molecule is Cc1nc2c(nc1N1CCC3(CC1)Cc1ccccc1[C@H]3N)CN=C2N1CCC(F)(F)CC1. The van der Waals surface area contributed by atoms with E-state index in [1.807, 2.05) is 11.8 Å². The summed E-state index contributed by atoms with van der Waals surface area (Å²) in [4.78, 5) is 18.7. The lowest BCUT2D eigenvalue weighted by molar-refractivity contribution is -0.0433. The monoisotopic (exact) mass is 452 g/mol. The highest BCUT2D eigenvalue weighted by molar-refractivity contribution is 6.00. The van der Waals surface area contributed by atoms with E-state index in [2.05, 4.69) is 34.2 Å². The van der Waals surface area contributed by atoms with Crippen LogP contribution in [0.5, 0.6) is 0 Å². The third kappa shape index (κ3) is 3.41. The van der Waals surface area contributed by atoms with Gasteiger partial charge in [0, 0.05) is 45.1 Å². The number of anilines is 1. The first-order valence-corrected chi connectivity index (χ1v) is 12.0. The maximum atomic E-state index is 13.6. The number of benzene rings is 1. The van der Waals surface area contributed by atoms with Crippen molar-refractivity contribution in [1.82, 2.24) is 14.9 Å². The van der Waals surface area contributed by atoms with Crippen molar-refractivity contribution in [3.05, 3.63) is 52.5 Å². The molecule has 0 amide bonds. The highest BCUT2D eigenvalue weighted by Gasteiger charge is 2.46. The van der Waals surface area contributed by atoms with Gasteiger partial charge in [0.25, 0.3) is 5.92 Å². The summed E-state index contributed by atoms with van der Waals surface area (Å²) in [5, 5.41) is 0. The molecule has 1 aromatic carbocycles. The van der Waals surface area contributed by atoms with Gasteiger partial charge in [0.2, 0.25) is 0 Å². The van der Waals surface area contributed by atoms with Gasteiger partial charge in [-0.25, -0.2) is 18.7 Å². The van der Waals surface area contributed by atoms with Crippen molar-refractivity contribution < 1.29 is 8.78 Å². The van der Waals surface area contributed by atoms with Gasteiger partial charge in [0.1, 0.15) is 11.5 Å². The summed E-state index contributed by atoms with van der Waals surface area (Å²) in [5.41, 5.74) is 12.1. The van der Waals surface area contributed by atoms with E-state index in [4.69, 9.17) is 15.7 Å². The van der Waals surface area contributed by atoms with Gasteiger partial charge < -0.3 is 15.5 Å². The summed E-state index contributed by atoms with van der Waals surface area (Å²) in [5.74, 6) is -0.914. The predicted molar refractivity (Wildman–Crippen MR) is 124 cm³/mol. The van der Waals surface area contributed by atoms with E-state index in [1.165, 1.54) is 11.1 Å². The molecular weight excluding hydrogens is 422 g/mol. The van der Waals surface area contributed by atoms with Crippen LogP contribution in [0.25, 0.3) is 0 Å². The van der Waals surface area contributed by atoms with Gasteiger partial charge in [-0.1, -0.05) is 24.3 Å². The van der Waals surface area contributed by atoms with Crippen LogP contribution in [0, 0.1) is 12.3 Å². The van der Waals surface area contributed by atoms with Crippen LogP contribution >= 0.6 is 0 Å². The molecule has 0 bridgehead atoms. The lowest BCUT2D eigenvalue weighted by Crippen LogP contribution is -2.45. The molecule has 2 saturated heterocycles. The molecule has 1 aliphatic carbocycles. The van der Waals surface area contributed by atoms with Crippen LogP contribution in [0.1, 0.15) is 59.9 Å². The van der Waals surface area contributed by atoms with Crippen LogP contribution in [0.4, 0.5) is 14.6 Å². The van der Waals surface area contributed by atoms with E-state index in [-0.39, 0.29) is 24.3 Å². The number of alkyl halides is 2. The van der Waals surface area contributed by atoms with E-state index in [0.717, 1.165) is 61.1 Å². The summed E-state index contributed by atoms with van der Waals surface area (Å²) in [6, 6.07) is 8.68. The smallest absolute Gasteiger partial charge is 0.251 e. The third-order valence-corrected chi connectivity index (χ3v) is 8.15. The number of hydrogen-bond acceptors (Lipinski definition) is 6. The van der Waals surface area contributed by atoms with Crippen molar-refractivity contribution in [2.75, 3.05) is 31.1 Å². The van der Waals surface area contributed by atoms with Gasteiger partial charge in [-0.15, -0.1) is 0 Å². The van der Waals surface area contributed by atoms with Crippen molar-refractivity contribution in [2.24, 2.45) is 16.1 Å². The zero-order chi connectivity index (χ0) is 22.8. The molecule has 0 unspecified atom stereocenters. The second-order valence-corrected chi connectivity index (χ2v) is 10.1. The Morgan fingerprint density at radius 1 is 0.970 bits per heavy atom. The first kappa shape index (κ1) is 21.0. The van der Waals surface area contributed by atoms with Crippen molar-refractivity contribution in [1.29, 1.82) is 0 Å². The molecule has 6 nitrogen and oxygen atoms in total. The molecule has 6 rings (SSSR count). The Hall–Kier alpha value is -2.61. The maximum absolute atomic E-state index is 13.6. The summed E-state index contributed by atoms with van der Waals surface area (Å²) in [6.45, 7) is 4.89. The van der Waals surface area contributed by atoms with Gasteiger partial charge in [-0.2, -0.15) is 0 Å². The van der Waals surface area contributed by atoms with Crippen molar-refractivity contribution >= 4 is 11.7 Å². The van der Waals surface area contributed by atoms with Crippen LogP contribution < -0.4 is 10.6 Å². The van der Waals surface area contributed by atoms with Gasteiger partial charge >= 0.3 is 0 Å². The number of rotatable bonds is 1. The number of aryl methyl sites for hydroxylation is 1. The minimum atomic E-state index is -2.57. The van der Waals surface area contributed by atoms with Crippen LogP contribution in [0.3, 0.4) is 0 Å². The predicted octanol–water partition coefficient (Wildman–Crippen LogP) is 3.62. The number of amidine groups is 1. The Balaban J connectivity index is 1.18. The van der Waals surface area contributed by atoms with E-state index >= 15 is 0 Å². The topological polar surface area (TPSA) is 70.6 Å². The van der Waals surface area contributed by atoms with Crippen LogP contribution in [0.15, 0.2) is 29.3 Å². The summed E-state index contributed by atoms with van der Waals surface area (Å²) in [7, 11) is 0. The van der Waals surface area contributed by atoms with Crippen molar-refractivity contribution in [3.63, 3.8) is 0 Å². The molecule has 1 spiro atoms. The summed E-state index contributed by atoms with van der Waals surface area (Å²) < 4.78 is 27.2. The molecular formula is C25H30F2N6. The van der Waals surface area contributed by atoms with E-state index in [0.29, 0.717) is 19.6 Å². The fourth-order valence-corrected chi connectivity index (χ4v) is 6.12. The lowest BCUT2D eigenvalue weighted by Gasteiger charge is -2.43. The minimum Gasteiger partial charge on any atom is -0.355 e. The Kier molecular flexibility index (Phi) is 4.73. The number of piperidine rings is 2. The maximum Gasteiger partial charge on any atom is 0.251 e. The second kappa shape index (κ2) is 7.45. The molecule has 2 aromatic rings. The molecule has 0 radical (unpaired) electrons. The van der Waals surface area contributed by atoms with Crippen molar-refractivity contribution in [2.45, 2.75) is 57.5 Å². The van der Waals surface area contributed by atoms with Gasteiger partial charge in [-0.05, 0) is 42.7 Å². The van der Waals surface area contributed by atoms with Gasteiger partial charge in [0.05, 0.1) is 17.9 Å². The number of fused-ring (bicyclic) bond motifs is 2. The molecule has 4 heterocycles. The first-order valence-electron chi connectivity index (χ1n) is 12.0. The molecule has 1 aromatic heterocycles. The van der Waals surface area contributed by atoms with Crippen molar-refractivity contribution in [3.8, 4) is 0 Å². The summed E-state index contributed by atoms with van der Waals surface area (Å²) in [6.07, 6.45) is 2.86. The normalized spacial score (nSPS) is 25.2.